The van der Waals surface area contributed by atoms with E-state index in [0.717, 1.165) is 11.1 Å². The molecule has 0 spiro atoms. The van der Waals surface area contributed by atoms with Crippen LogP contribution in [0.25, 0.3) is 11.1 Å². The lowest BCUT2D eigenvalue weighted by Gasteiger charge is -2.12. The SMILES string of the molecule is CCC(=O)c1cccc(-c2ccc(C(=O)N[C@H]3CCN(C)C3=O)cc2)c1. The molecule has 1 aliphatic rings. The zero-order valence-electron chi connectivity index (χ0n) is 15.0. The number of benzene rings is 2. The number of hydrogen-bond acceptors (Lipinski definition) is 3. The van der Waals surface area contributed by atoms with E-state index in [4.69, 9.17) is 0 Å². The predicted octanol–water partition coefficient (Wildman–Crippen LogP) is 2.91. The Hall–Kier alpha value is -2.95. The van der Waals surface area contributed by atoms with Gasteiger partial charge in [0.05, 0.1) is 0 Å². The van der Waals surface area contributed by atoms with Crippen LogP contribution in [-0.2, 0) is 4.79 Å². The van der Waals surface area contributed by atoms with Crippen molar-refractivity contribution in [3.05, 3.63) is 59.7 Å². The van der Waals surface area contributed by atoms with E-state index in [0.29, 0.717) is 30.5 Å². The quantitative estimate of drug-likeness (QED) is 0.843. The second-order valence-corrected chi connectivity index (χ2v) is 6.51. The first-order valence-corrected chi connectivity index (χ1v) is 8.79. The molecule has 3 rings (SSSR count). The highest BCUT2D eigenvalue weighted by Crippen LogP contribution is 2.22. The van der Waals surface area contributed by atoms with Crippen LogP contribution in [0.5, 0.6) is 0 Å². The molecule has 0 radical (unpaired) electrons. The van der Waals surface area contributed by atoms with E-state index in [9.17, 15) is 14.4 Å². The lowest BCUT2D eigenvalue weighted by molar-refractivity contribution is -0.128. The van der Waals surface area contributed by atoms with Gasteiger partial charge < -0.3 is 10.2 Å². The lowest BCUT2D eigenvalue weighted by Crippen LogP contribution is -2.40. The highest BCUT2D eigenvalue weighted by atomic mass is 16.2. The fraction of sp³-hybridized carbons (Fsp3) is 0.286. The van der Waals surface area contributed by atoms with Crippen molar-refractivity contribution < 1.29 is 14.4 Å². The Bertz CT molecular complexity index is 843. The Balaban J connectivity index is 1.73. The Morgan fingerprint density at radius 2 is 1.81 bits per heavy atom. The van der Waals surface area contributed by atoms with Gasteiger partial charge in [0.15, 0.2) is 5.78 Å². The zero-order valence-corrected chi connectivity index (χ0v) is 15.0. The average Bonchev–Trinajstić information content (AvgIpc) is 2.99. The molecule has 134 valence electrons. The molecule has 2 amide bonds. The molecule has 5 heteroatoms. The third-order valence-corrected chi connectivity index (χ3v) is 4.72. The molecule has 1 atom stereocenters. The summed E-state index contributed by atoms with van der Waals surface area (Å²) in [5.74, 6) is -0.193. The Morgan fingerprint density at radius 3 is 2.42 bits per heavy atom. The smallest absolute Gasteiger partial charge is 0.251 e. The van der Waals surface area contributed by atoms with Crippen molar-refractivity contribution in [3.8, 4) is 11.1 Å². The summed E-state index contributed by atoms with van der Waals surface area (Å²) >= 11 is 0. The molecule has 2 aromatic carbocycles. The molecule has 0 aromatic heterocycles. The van der Waals surface area contributed by atoms with Crippen molar-refractivity contribution in [3.63, 3.8) is 0 Å². The van der Waals surface area contributed by atoms with Gasteiger partial charge in [-0.15, -0.1) is 0 Å². The van der Waals surface area contributed by atoms with Crippen molar-refractivity contribution in [2.24, 2.45) is 0 Å². The van der Waals surface area contributed by atoms with Crippen molar-refractivity contribution in [1.29, 1.82) is 0 Å². The van der Waals surface area contributed by atoms with Gasteiger partial charge >= 0.3 is 0 Å². The van der Waals surface area contributed by atoms with E-state index in [-0.39, 0.29) is 17.6 Å². The first kappa shape index (κ1) is 17.9. The molecule has 0 aliphatic carbocycles. The summed E-state index contributed by atoms with van der Waals surface area (Å²) in [6.07, 6.45) is 1.11. The number of nitrogens with zero attached hydrogens (tertiary/aromatic N) is 1. The summed E-state index contributed by atoms with van der Waals surface area (Å²) in [5.41, 5.74) is 3.07. The number of carbonyl (C=O) groups excluding carboxylic acids is 3. The van der Waals surface area contributed by atoms with Crippen LogP contribution in [0.15, 0.2) is 48.5 Å². The lowest BCUT2D eigenvalue weighted by atomic mass is 9.99. The summed E-state index contributed by atoms with van der Waals surface area (Å²) in [7, 11) is 1.74. The van der Waals surface area contributed by atoms with E-state index >= 15 is 0 Å². The second-order valence-electron chi connectivity index (χ2n) is 6.51. The van der Waals surface area contributed by atoms with E-state index < -0.39 is 6.04 Å². The number of likely N-dealkylation sites (tertiary alicyclic amines) is 1. The zero-order chi connectivity index (χ0) is 18.7. The molecule has 1 heterocycles. The third-order valence-electron chi connectivity index (χ3n) is 4.72. The minimum atomic E-state index is -0.441. The van der Waals surface area contributed by atoms with Crippen LogP contribution in [0.2, 0.25) is 0 Å². The van der Waals surface area contributed by atoms with Crippen LogP contribution >= 0.6 is 0 Å². The minimum Gasteiger partial charge on any atom is -0.344 e. The summed E-state index contributed by atoms with van der Waals surface area (Å²) in [4.78, 5) is 37.8. The summed E-state index contributed by atoms with van der Waals surface area (Å²) < 4.78 is 0. The number of amides is 2. The van der Waals surface area contributed by atoms with Crippen LogP contribution in [0.4, 0.5) is 0 Å². The third kappa shape index (κ3) is 3.67. The Kier molecular flexibility index (Phi) is 5.16. The molecule has 1 saturated heterocycles. The second kappa shape index (κ2) is 7.52. The molecule has 1 N–H and O–H groups in total. The summed E-state index contributed by atoms with van der Waals surface area (Å²) in [6, 6.07) is 14.2. The highest BCUT2D eigenvalue weighted by molar-refractivity contribution is 5.99. The molecular formula is C21H22N2O3. The Labute approximate surface area is 153 Å². The van der Waals surface area contributed by atoms with Crippen molar-refractivity contribution in [2.45, 2.75) is 25.8 Å². The van der Waals surface area contributed by atoms with Gasteiger partial charge in [-0.1, -0.05) is 37.3 Å². The molecule has 0 saturated carbocycles. The topological polar surface area (TPSA) is 66.5 Å². The maximum Gasteiger partial charge on any atom is 0.251 e. The highest BCUT2D eigenvalue weighted by Gasteiger charge is 2.30. The maximum absolute atomic E-state index is 12.4. The van der Waals surface area contributed by atoms with Gasteiger partial charge in [0.2, 0.25) is 5.91 Å². The summed E-state index contributed by atoms with van der Waals surface area (Å²) in [5, 5.41) is 2.79. The van der Waals surface area contributed by atoms with Gasteiger partial charge in [-0.3, -0.25) is 14.4 Å². The number of nitrogens with one attached hydrogen (secondary N) is 1. The van der Waals surface area contributed by atoms with Gasteiger partial charge in [0, 0.05) is 31.1 Å². The van der Waals surface area contributed by atoms with Gasteiger partial charge in [-0.25, -0.2) is 0 Å². The normalized spacial score (nSPS) is 16.6. The van der Waals surface area contributed by atoms with Gasteiger partial charge in [0.25, 0.3) is 5.91 Å². The minimum absolute atomic E-state index is 0.0487. The van der Waals surface area contributed by atoms with Gasteiger partial charge in [-0.2, -0.15) is 0 Å². The number of hydrogen-bond donors (Lipinski definition) is 1. The predicted molar refractivity (Wildman–Crippen MR) is 100 cm³/mol. The van der Waals surface area contributed by atoms with Crippen LogP contribution < -0.4 is 5.32 Å². The largest absolute Gasteiger partial charge is 0.344 e. The summed E-state index contributed by atoms with van der Waals surface area (Å²) in [6.45, 7) is 2.50. The maximum atomic E-state index is 12.4. The standard InChI is InChI=1S/C21H22N2O3/c1-3-19(24)17-6-4-5-16(13-17)14-7-9-15(10-8-14)20(25)22-18-11-12-23(2)21(18)26/h4-10,13,18H,3,11-12H2,1-2H3,(H,22,25)/t18-/m0/s1. The molecule has 5 nitrogen and oxygen atoms in total. The number of likely N-dealkylation sites (N-methyl/N-ethyl adjacent to an activating group) is 1. The molecule has 26 heavy (non-hydrogen) atoms. The first-order valence-electron chi connectivity index (χ1n) is 8.79. The van der Waals surface area contributed by atoms with Crippen LogP contribution in [0.1, 0.15) is 40.5 Å². The number of Topliss-reactive ketones (excluding diaryl/α,β-unsaturated/α-hetero) is 1. The van der Waals surface area contributed by atoms with Crippen molar-refractivity contribution in [1.82, 2.24) is 10.2 Å². The number of rotatable bonds is 5. The average molecular weight is 350 g/mol. The Morgan fingerprint density at radius 1 is 1.08 bits per heavy atom. The van der Waals surface area contributed by atoms with Gasteiger partial charge in [-0.05, 0) is 35.7 Å². The number of ketones is 1. The first-order chi connectivity index (χ1) is 12.5. The molecule has 1 fully saturated rings. The van der Waals surface area contributed by atoms with E-state index in [1.54, 1.807) is 24.1 Å². The van der Waals surface area contributed by atoms with Gasteiger partial charge in [0.1, 0.15) is 6.04 Å². The van der Waals surface area contributed by atoms with Crippen LogP contribution in [0.3, 0.4) is 0 Å². The molecular weight excluding hydrogens is 328 g/mol. The van der Waals surface area contributed by atoms with Crippen LogP contribution in [0, 0.1) is 0 Å². The number of carbonyl (C=O) groups is 3. The fourth-order valence-corrected chi connectivity index (χ4v) is 3.09. The van der Waals surface area contributed by atoms with Crippen LogP contribution in [-0.4, -0.2) is 42.1 Å². The van der Waals surface area contributed by atoms with E-state index in [1.165, 1.54) is 0 Å². The van der Waals surface area contributed by atoms with Crippen molar-refractivity contribution in [2.75, 3.05) is 13.6 Å². The van der Waals surface area contributed by atoms with E-state index in [1.807, 2.05) is 43.3 Å². The molecule has 2 aromatic rings. The molecule has 1 aliphatic heterocycles. The van der Waals surface area contributed by atoms with Crippen molar-refractivity contribution >= 4 is 17.6 Å². The fourth-order valence-electron chi connectivity index (χ4n) is 3.09. The van der Waals surface area contributed by atoms with E-state index in [2.05, 4.69) is 5.32 Å². The monoisotopic (exact) mass is 350 g/mol. The molecule has 0 unspecified atom stereocenters. The molecule has 0 bridgehead atoms.